The highest BCUT2D eigenvalue weighted by molar-refractivity contribution is 5.94. The summed E-state index contributed by atoms with van der Waals surface area (Å²) in [5, 5.41) is 9.80. The van der Waals surface area contributed by atoms with Gasteiger partial charge in [-0.15, -0.1) is 0 Å². The number of amides is 2. The van der Waals surface area contributed by atoms with Gasteiger partial charge in [-0.25, -0.2) is 9.78 Å². The normalized spacial score (nSPS) is 22.8. The molecule has 2 amide bonds. The Bertz CT molecular complexity index is 1200. The average Bonchev–Trinajstić information content (AvgIpc) is 3.17. The van der Waals surface area contributed by atoms with Gasteiger partial charge in [-0.05, 0) is 50.3 Å². The molecule has 0 saturated carbocycles. The quantitative estimate of drug-likeness (QED) is 0.633. The zero-order chi connectivity index (χ0) is 23.1. The Hall–Kier alpha value is -3.39. The van der Waals surface area contributed by atoms with Crippen LogP contribution in [0, 0.1) is 0 Å². The number of ether oxygens (including phenoxy) is 1. The largest absolute Gasteiger partial charge is 0.465 e. The Morgan fingerprint density at radius 2 is 1.94 bits per heavy atom. The number of carboxylic acid groups (broad SMARTS) is 1. The molecule has 1 unspecified atom stereocenters. The lowest BCUT2D eigenvalue weighted by molar-refractivity contribution is -0.133. The molecule has 33 heavy (non-hydrogen) atoms. The zero-order valence-corrected chi connectivity index (χ0v) is 18.6. The molecule has 3 N–H and O–H groups in total. The van der Waals surface area contributed by atoms with Gasteiger partial charge < -0.3 is 20.1 Å². The van der Waals surface area contributed by atoms with Gasteiger partial charge in [0, 0.05) is 18.0 Å². The van der Waals surface area contributed by atoms with Crippen molar-refractivity contribution in [3.63, 3.8) is 0 Å². The summed E-state index contributed by atoms with van der Waals surface area (Å²) in [6.07, 6.45) is 2.03. The number of nitrogens with two attached hydrogens (primary N) is 1. The summed E-state index contributed by atoms with van der Waals surface area (Å²) in [4.78, 5) is 30.0. The van der Waals surface area contributed by atoms with Crippen molar-refractivity contribution in [1.29, 1.82) is 0 Å². The van der Waals surface area contributed by atoms with E-state index >= 15 is 0 Å². The molecule has 0 radical (unpaired) electrons. The van der Waals surface area contributed by atoms with Crippen molar-refractivity contribution in [2.75, 3.05) is 11.5 Å². The Balaban J connectivity index is 1.61. The molecule has 1 fully saturated rings. The first-order valence-electron chi connectivity index (χ1n) is 11.4. The number of rotatable bonds is 4. The fraction of sp³-hybridized carbons (Fsp3) is 0.400. The predicted octanol–water partition coefficient (Wildman–Crippen LogP) is 3.65. The monoisotopic (exact) mass is 448 g/mol. The minimum Gasteiger partial charge on any atom is -0.465 e. The van der Waals surface area contributed by atoms with Gasteiger partial charge in [-0.1, -0.05) is 30.3 Å². The van der Waals surface area contributed by atoms with E-state index < -0.39 is 18.1 Å². The SMILES string of the molecule is CC1CCc2c(ccc3c2nc(Cc2ccccc2)n3[C@@H]2CC[C@@H](C(N)=O)OC2)N1C(=O)O. The smallest absolute Gasteiger partial charge is 0.412 e. The van der Waals surface area contributed by atoms with E-state index in [4.69, 9.17) is 15.5 Å². The number of hydrogen-bond acceptors (Lipinski definition) is 4. The van der Waals surface area contributed by atoms with Gasteiger partial charge in [0.25, 0.3) is 0 Å². The third-order valence-electron chi connectivity index (χ3n) is 6.87. The number of carbonyl (C=O) groups excluding carboxylic acids is 1. The topological polar surface area (TPSA) is 111 Å². The minimum atomic E-state index is -0.940. The van der Waals surface area contributed by atoms with Crippen LogP contribution in [0.3, 0.4) is 0 Å². The summed E-state index contributed by atoms with van der Waals surface area (Å²) in [6, 6.07) is 14.0. The van der Waals surface area contributed by atoms with Crippen molar-refractivity contribution in [3.8, 4) is 0 Å². The van der Waals surface area contributed by atoms with E-state index in [2.05, 4.69) is 16.7 Å². The Labute approximate surface area is 192 Å². The molecular weight excluding hydrogens is 420 g/mol. The second-order valence-electron chi connectivity index (χ2n) is 8.99. The van der Waals surface area contributed by atoms with E-state index in [0.717, 1.165) is 52.9 Å². The second-order valence-corrected chi connectivity index (χ2v) is 8.99. The summed E-state index contributed by atoms with van der Waals surface area (Å²) >= 11 is 0. The first-order chi connectivity index (χ1) is 15.9. The van der Waals surface area contributed by atoms with Gasteiger partial charge in [0.1, 0.15) is 11.9 Å². The predicted molar refractivity (Wildman–Crippen MR) is 124 cm³/mol. The van der Waals surface area contributed by atoms with E-state index in [1.807, 2.05) is 37.3 Å². The molecule has 3 heterocycles. The third kappa shape index (κ3) is 3.84. The standard InChI is InChI=1S/C25H28N4O4/c1-15-7-9-18-19(28(15)25(31)32)10-11-20-23(18)27-22(13-16-5-3-2-4-6-16)29(20)17-8-12-21(24(26)30)33-14-17/h2-6,10-11,15,17,21H,7-9,12-14H2,1H3,(H2,26,30)(H,31,32)/t15?,17-,21+/m1/s1. The summed E-state index contributed by atoms with van der Waals surface area (Å²) in [6.45, 7) is 2.32. The van der Waals surface area contributed by atoms with Gasteiger partial charge in [0.05, 0.1) is 29.4 Å². The van der Waals surface area contributed by atoms with Crippen molar-refractivity contribution in [3.05, 3.63) is 59.4 Å². The number of imidazole rings is 1. The minimum absolute atomic E-state index is 0.0282. The lowest BCUT2D eigenvalue weighted by Gasteiger charge is -2.33. The molecule has 172 valence electrons. The average molecular weight is 449 g/mol. The third-order valence-corrected chi connectivity index (χ3v) is 6.87. The molecule has 8 nitrogen and oxygen atoms in total. The number of fused-ring (bicyclic) bond motifs is 3. The van der Waals surface area contributed by atoms with E-state index in [0.29, 0.717) is 19.4 Å². The van der Waals surface area contributed by atoms with Gasteiger partial charge in [0.15, 0.2) is 0 Å². The fourth-order valence-electron chi connectivity index (χ4n) is 5.21. The summed E-state index contributed by atoms with van der Waals surface area (Å²) in [5.74, 6) is 0.488. The highest BCUT2D eigenvalue weighted by Crippen LogP contribution is 2.38. The molecule has 0 spiro atoms. The van der Waals surface area contributed by atoms with Crippen molar-refractivity contribution in [2.45, 2.75) is 57.2 Å². The van der Waals surface area contributed by atoms with Crippen LogP contribution in [0.1, 0.15) is 49.2 Å². The number of aryl methyl sites for hydroxylation is 1. The van der Waals surface area contributed by atoms with Gasteiger partial charge >= 0.3 is 6.09 Å². The Morgan fingerprint density at radius 1 is 1.15 bits per heavy atom. The van der Waals surface area contributed by atoms with Crippen LogP contribution in [-0.4, -0.2) is 45.4 Å². The maximum Gasteiger partial charge on any atom is 0.412 e. The van der Waals surface area contributed by atoms with Crippen LogP contribution in [0.4, 0.5) is 10.5 Å². The van der Waals surface area contributed by atoms with E-state index in [-0.39, 0.29) is 12.1 Å². The van der Waals surface area contributed by atoms with Gasteiger partial charge in [0.2, 0.25) is 5.91 Å². The molecule has 8 heteroatoms. The molecule has 2 aliphatic heterocycles. The molecular formula is C25H28N4O4. The molecule has 5 rings (SSSR count). The molecule has 2 aliphatic rings. The fourth-order valence-corrected chi connectivity index (χ4v) is 5.21. The van der Waals surface area contributed by atoms with Crippen LogP contribution < -0.4 is 10.6 Å². The number of carbonyl (C=O) groups is 2. The number of nitrogens with zero attached hydrogens (tertiary/aromatic N) is 3. The van der Waals surface area contributed by atoms with Crippen molar-refractivity contribution >= 4 is 28.7 Å². The van der Waals surface area contributed by atoms with Crippen molar-refractivity contribution < 1.29 is 19.4 Å². The Kier molecular flexibility index (Phi) is 5.54. The lowest BCUT2D eigenvalue weighted by atomic mass is 9.95. The summed E-state index contributed by atoms with van der Waals surface area (Å²) in [5.41, 5.74) is 10.1. The van der Waals surface area contributed by atoms with Crippen LogP contribution in [0.2, 0.25) is 0 Å². The van der Waals surface area contributed by atoms with Crippen LogP contribution in [0.5, 0.6) is 0 Å². The molecule has 2 aromatic carbocycles. The summed E-state index contributed by atoms with van der Waals surface area (Å²) in [7, 11) is 0. The molecule has 3 atom stereocenters. The molecule has 3 aromatic rings. The second kappa shape index (κ2) is 8.51. The molecule has 1 aromatic heterocycles. The van der Waals surface area contributed by atoms with E-state index in [1.54, 1.807) is 0 Å². The van der Waals surface area contributed by atoms with Crippen LogP contribution >= 0.6 is 0 Å². The maximum absolute atomic E-state index is 12.0. The van der Waals surface area contributed by atoms with Gasteiger partial charge in [-0.2, -0.15) is 0 Å². The van der Waals surface area contributed by atoms with Crippen LogP contribution in [-0.2, 0) is 22.4 Å². The first kappa shape index (κ1) is 21.5. The van der Waals surface area contributed by atoms with E-state index in [9.17, 15) is 14.7 Å². The maximum atomic E-state index is 12.0. The lowest BCUT2D eigenvalue weighted by Crippen LogP contribution is -2.41. The molecule has 0 bridgehead atoms. The molecule has 1 saturated heterocycles. The highest BCUT2D eigenvalue weighted by Gasteiger charge is 2.33. The molecule has 0 aliphatic carbocycles. The summed E-state index contributed by atoms with van der Waals surface area (Å²) < 4.78 is 8.02. The number of anilines is 1. The number of aromatic nitrogens is 2. The van der Waals surface area contributed by atoms with Gasteiger partial charge in [-0.3, -0.25) is 9.69 Å². The first-order valence-corrected chi connectivity index (χ1v) is 11.4. The van der Waals surface area contributed by atoms with E-state index in [1.165, 1.54) is 4.90 Å². The number of primary amides is 1. The van der Waals surface area contributed by atoms with Crippen molar-refractivity contribution in [2.24, 2.45) is 5.73 Å². The van der Waals surface area contributed by atoms with Crippen molar-refractivity contribution in [1.82, 2.24) is 9.55 Å². The zero-order valence-electron chi connectivity index (χ0n) is 18.6. The highest BCUT2D eigenvalue weighted by atomic mass is 16.5. The van der Waals surface area contributed by atoms with Crippen LogP contribution in [0.25, 0.3) is 11.0 Å². The van der Waals surface area contributed by atoms with Crippen LogP contribution in [0.15, 0.2) is 42.5 Å². The number of benzene rings is 2. The number of hydrogen-bond donors (Lipinski definition) is 2. The Morgan fingerprint density at radius 3 is 2.61 bits per heavy atom.